The van der Waals surface area contributed by atoms with E-state index in [2.05, 4.69) is 18.4 Å². The van der Waals surface area contributed by atoms with E-state index in [1.807, 2.05) is 18.7 Å². The van der Waals surface area contributed by atoms with Gasteiger partial charge in [-0.15, -0.1) is 11.8 Å². The van der Waals surface area contributed by atoms with Crippen LogP contribution in [0.2, 0.25) is 0 Å². The monoisotopic (exact) mass is 116 g/mol. The molecule has 0 heterocycles. The van der Waals surface area contributed by atoms with E-state index in [4.69, 9.17) is 0 Å². The second-order valence-electron chi connectivity index (χ2n) is 1.34. The Morgan fingerprint density at radius 3 is 2.71 bits per heavy atom. The number of allylic oxidation sites excluding steroid dienone is 1. The minimum Gasteiger partial charge on any atom is -0.134 e. The van der Waals surface area contributed by atoms with Gasteiger partial charge in [-0.05, 0) is 24.5 Å². The molecule has 0 aromatic rings. The molecule has 0 saturated heterocycles. The molecule has 7 heavy (non-hydrogen) atoms. The van der Waals surface area contributed by atoms with Crippen molar-refractivity contribution in [2.24, 2.45) is 0 Å². The van der Waals surface area contributed by atoms with Gasteiger partial charge in [-0.25, -0.2) is 0 Å². The Hall–Kier alpha value is 0.0900. The number of rotatable bonds is 3. The van der Waals surface area contributed by atoms with Crippen molar-refractivity contribution in [3.05, 3.63) is 11.5 Å². The molecule has 0 spiro atoms. The Morgan fingerprint density at radius 2 is 2.29 bits per heavy atom. The first-order valence-electron chi connectivity index (χ1n) is 2.64. The molecule has 0 aliphatic carbocycles. The van der Waals surface area contributed by atoms with Gasteiger partial charge in [0.05, 0.1) is 0 Å². The van der Waals surface area contributed by atoms with Gasteiger partial charge in [-0.2, -0.15) is 0 Å². The summed E-state index contributed by atoms with van der Waals surface area (Å²) in [6.45, 7) is 4.24. The lowest BCUT2D eigenvalue weighted by atomic mass is 10.6. The van der Waals surface area contributed by atoms with E-state index in [1.165, 1.54) is 12.2 Å². The van der Waals surface area contributed by atoms with E-state index in [0.29, 0.717) is 0 Å². The summed E-state index contributed by atoms with van der Waals surface area (Å²) in [6.07, 6.45) is 3.34. The molecule has 1 heteroatoms. The largest absolute Gasteiger partial charge is 0.134 e. The molecular formula is C6H12S. The molecule has 0 nitrogen and oxygen atoms in total. The van der Waals surface area contributed by atoms with Crippen molar-refractivity contribution < 1.29 is 0 Å². The van der Waals surface area contributed by atoms with Crippen molar-refractivity contribution in [1.82, 2.24) is 0 Å². The predicted octanol–water partition coefficient (Wildman–Crippen LogP) is 2.66. The average Bonchev–Trinajstić information content (AvgIpc) is 1.69. The molecule has 0 radical (unpaired) electrons. The zero-order valence-corrected chi connectivity index (χ0v) is 5.79. The van der Waals surface area contributed by atoms with Gasteiger partial charge in [-0.3, -0.25) is 0 Å². The minimum atomic E-state index is 1.25. The van der Waals surface area contributed by atoms with E-state index >= 15 is 0 Å². The molecule has 0 aromatic heterocycles. The summed E-state index contributed by atoms with van der Waals surface area (Å²) in [6, 6.07) is 0. The van der Waals surface area contributed by atoms with Crippen LogP contribution in [0.5, 0.6) is 0 Å². The van der Waals surface area contributed by atoms with Crippen molar-refractivity contribution in [3.63, 3.8) is 0 Å². The third kappa shape index (κ3) is 6.09. The van der Waals surface area contributed by atoms with Gasteiger partial charge in [0.2, 0.25) is 0 Å². The van der Waals surface area contributed by atoms with Crippen LogP contribution in [0.3, 0.4) is 0 Å². The molecule has 0 amide bonds. The summed E-state index contributed by atoms with van der Waals surface area (Å²) in [5.74, 6) is 1.25. The van der Waals surface area contributed by atoms with Gasteiger partial charge in [0.1, 0.15) is 0 Å². The maximum Gasteiger partial charge on any atom is -0.00287 e. The first-order valence-corrected chi connectivity index (χ1v) is 3.69. The first-order chi connectivity index (χ1) is 3.41. The van der Waals surface area contributed by atoms with Crippen LogP contribution in [0, 0.1) is 0 Å². The fraction of sp³-hybridized carbons (Fsp3) is 0.667. The maximum atomic E-state index is 2.19. The molecule has 0 unspecified atom stereocenters. The third-order valence-corrected chi connectivity index (χ3v) is 1.66. The maximum absolute atomic E-state index is 2.19. The Labute approximate surface area is 50.0 Å². The van der Waals surface area contributed by atoms with Crippen LogP contribution in [0.15, 0.2) is 11.5 Å². The smallest absolute Gasteiger partial charge is 0.00287 e. The first kappa shape index (κ1) is 7.09. The van der Waals surface area contributed by atoms with Crippen molar-refractivity contribution in [1.29, 1.82) is 0 Å². The third-order valence-electron chi connectivity index (χ3n) is 0.554. The molecule has 0 atom stereocenters. The Balaban J connectivity index is 2.69. The number of thioether (sulfide) groups is 1. The van der Waals surface area contributed by atoms with Crippen LogP contribution in [0.1, 0.15) is 20.3 Å². The molecule has 42 valence electrons. The topological polar surface area (TPSA) is 0 Å². The zero-order chi connectivity index (χ0) is 5.54. The summed E-state index contributed by atoms with van der Waals surface area (Å²) in [5.41, 5.74) is 0. The minimum absolute atomic E-state index is 1.25. The van der Waals surface area contributed by atoms with Gasteiger partial charge in [-0.1, -0.05) is 13.0 Å². The molecule has 0 fully saturated rings. The highest BCUT2D eigenvalue weighted by Gasteiger charge is 1.72. The Kier molecular flexibility index (Phi) is 6.17. The van der Waals surface area contributed by atoms with Crippen LogP contribution in [-0.2, 0) is 0 Å². The predicted molar refractivity (Wildman–Crippen MR) is 37.6 cm³/mol. The second kappa shape index (κ2) is 6.09. The van der Waals surface area contributed by atoms with Gasteiger partial charge in [0.25, 0.3) is 0 Å². The van der Waals surface area contributed by atoms with Crippen molar-refractivity contribution in [2.75, 3.05) is 5.75 Å². The molecule has 0 aliphatic rings. The molecule has 0 aliphatic heterocycles. The zero-order valence-electron chi connectivity index (χ0n) is 4.98. The fourth-order valence-corrected chi connectivity index (χ4v) is 0.846. The lowest BCUT2D eigenvalue weighted by Crippen LogP contribution is -1.65. The average molecular weight is 116 g/mol. The van der Waals surface area contributed by atoms with Crippen molar-refractivity contribution in [2.45, 2.75) is 20.3 Å². The van der Waals surface area contributed by atoms with Gasteiger partial charge < -0.3 is 0 Å². The van der Waals surface area contributed by atoms with E-state index < -0.39 is 0 Å². The lowest BCUT2D eigenvalue weighted by Gasteiger charge is -1.84. The van der Waals surface area contributed by atoms with Crippen LogP contribution in [-0.4, -0.2) is 5.75 Å². The van der Waals surface area contributed by atoms with Crippen LogP contribution < -0.4 is 0 Å². The van der Waals surface area contributed by atoms with Crippen LogP contribution in [0.4, 0.5) is 0 Å². The summed E-state index contributed by atoms with van der Waals surface area (Å²) in [7, 11) is 0. The van der Waals surface area contributed by atoms with Crippen LogP contribution >= 0.6 is 11.8 Å². The van der Waals surface area contributed by atoms with Gasteiger partial charge in [0.15, 0.2) is 0 Å². The van der Waals surface area contributed by atoms with Crippen molar-refractivity contribution >= 4 is 11.8 Å². The quantitative estimate of drug-likeness (QED) is 0.511. The summed E-state index contributed by atoms with van der Waals surface area (Å²) >= 11 is 1.87. The molecular weight excluding hydrogens is 104 g/mol. The molecule has 0 N–H and O–H groups in total. The SMILES string of the molecule is C/C=C\SCCC. The van der Waals surface area contributed by atoms with Gasteiger partial charge in [0, 0.05) is 0 Å². The van der Waals surface area contributed by atoms with E-state index in [0.717, 1.165) is 0 Å². The summed E-state index contributed by atoms with van der Waals surface area (Å²) < 4.78 is 0. The molecule has 0 saturated carbocycles. The van der Waals surface area contributed by atoms with Crippen molar-refractivity contribution in [3.8, 4) is 0 Å². The van der Waals surface area contributed by atoms with Crippen LogP contribution in [0.25, 0.3) is 0 Å². The Bertz CT molecular complexity index is 48.1. The lowest BCUT2D eigenvalue weighted by molar-refractivity contribution is 1.11. The Morgan fingerprint density at radius 1 is 1.57 bits per heavy atom. The summed E-state index contributed by atoms with van der Waals surface area (Å²) in [4.78, 5) is 0. The van der Waals surface area contributed by atoms with E-state index in [-0.39, 0.29) is 0 Å². The van der Waals surface area contributed by atoms with E-state index in [9.17, 15) is 0 Å². The highest BCUT2D eigenvalue weighted by Crippen LogP contribution is 2.01. The molecule has 0 rings (SSSR count). The standard InChI is InChI=1S/C6H12S/c1-3-5-7-6-4-2/h3,5H,4,6H2,1-2H3/b5-3-. The normalized spacial score (nSPS) is 10.6. The number of hydrogen-bond donors (Lipinski definition) is 0. The fourth-order valence-electron chi connectivity index (χ4n) is 0.282. The molecule has 0 aromatic carbocycles. The summed E-state index contributed by atoms with van der Waals surface area (Å²) in [5, 5.41) is 2.13. The number of hydrogen-bond acceptors (Lipinski definition) is 1. The van der Waals surface area contributed by atoms with Gasteiger partial charge >= 0.3 is 0 Å². The highest BCUT2D eigenvalue weighted by molar-refractivity contribution is 8.02. The van der Waals surface area contributed by atoms with E-state index in [1.54, 1.807) is 0 Å². The second-order valence-corrected chi connectivity index (χ2v) is 2.35. The highest BCUT2D eigenvalue weighted by atomic mass is 32.2. The molecule has 0 bridgehead atoms.